The highest BCUT2D eigenvalue weighted by Crippen LogP contribution is 2.30. The highest BCUT2D eigenvalue weighted by atomic mass is 35.5. The molecule has 0 spiro atoms. The van der Waals surface area contributed by atoms with Crippen molar-refractivity contribution in [1.29, 1.82) is 0 Å². The molecule has 0 aliphatic rings. The highest BCUT2D eigenvalue weighted by molar-refractivity contribution is 6.30. The first-order valence-electron chi connectivity index (χ1n) is 11.6. The Morgan fingerprint density at radius 2 is 1.86 bits per heavy atom. The number of hydrogen-bond acceptors (Lipinski definition) is 6. The molecule has 3 aromatic rings. The van der Waals surface area contributed by atoms with Crippen LogP contribution in [0.25, 0.3) is 11.3 Å². The third kappa shape index (κ3) is 7.56. The fraction of sp³-hybridized carbons (Fsp3) is 0.407. The number of rotatable bonds is 9. The van der Waals surface area contributed by atoms with Gasteiger partial charge in [0.15, 0.2) is 0 Å². The number of hydrogen-bond donors (Lipinski definition) is 1. The molecule has 1 N–H and O–H groups in total. The minimum absolute atomic E-state index is 0.298. The van der Waals surface area contributed by atoms with Crippen LogP contribution in [0.15, 0.2) is 48.7 Å². The zero-order chi connectivity index (χ0) is 25.8. The van der Waals surface area contributed by atoms with Gasteiger partial charge in [-0.25, -0.2) is 4.98 Å². The van der Waals surface area contributed by atoms with Crippen molar-refractivity contribution in [2.75, 3.05) is 14.1 Å². The van der Waals surface area contributed by atoms with Crippen LogP contribution >= 0.6 is 11.6 Å². The predicted molar refractivity (Wildman–Crippen MR) is 140 cm³/mol. The van der Waals surface area contributed by atoms with Gasteiger partial charge in [0.1, 0.15) is 29.0 Å². The van der Waals surface area contributed by atoms with Crippen molar-refractivity contribution in [3.05, 3.63) is 65.1 Å². The number of halogens is 1. The van der Waals surface area contributed by atoms with E-state index in [9.17, 15) is 4.79 Å². The van der Waals surface area contributed by atoms with Gasteiger partial charge in [-0.3, -0.25) is 4.79 Å². The number of esters is 1. The monoisotopic (exact) mass is 498 g/mol. The summed E-state index contributed by atoms with van der Waals surface area (Å²) in [7, 11) is 6.08. The number of aromatic nitrogens is 2. The smallest absolute Gasteiger partial charge is 0.323 e. The summed E-state index contributed by atoms with van der Waals surface area (Å²) >= 11 is 6.24. The topological polar surface area (TPSA) is 68.6 Å². The molecule has 2 aromatic carbocycles. The number of benzene rings is 2. The summed E-state index contributed by atoms with van der Waals surface area (Å²) in [5.74, 6) is 2.02. The molecule has 0 saturated heterocycles. The fourth-order valence-electron chi connectivity index (χ4n) is 3.47. The molecule has 1 atom stereocenters. The van der Waals surface area contributed by atoms with Crippen molar-refractivity contribution in [3.63, 3.8) is 0 Å². The maximum absolute atomic E-state index is 12.3. The summed E-state index contributed by atoms with van der Waals surface area (Å²) in [6, 6.07) is 12.9. The van der Waals surface area contributed by atoms with Gasteiger partial charge >= 0.3 is 5.97 Å². The number of imidazole rings is 1. The molecule has 0 amide bonds. The van der Waals surface area contributed by atoms with Gasteiger partial charge in [0.25, 0.3) is 0 Å². The zero-order valence-corrected chi connectivity index (χ0v) is 22.3. The molecule has 0 unspecified atom stereocenters. The molecule has 1 aromatic heterocycles. The Bertz CT molecular complexity index is 1150. The van der Waals surface area contributed by atoms with Crippen LogP contribution in [0.3, 0.4) is 0 Å². The second-order valence-corrected chi connectivity index (χ2v) is 10.3. The van der Waals surface area contributed by atoms with Gasteiger partial charge in [0.2, 0.25) is 0 Å². The minimum atomic E-state index is -0.531. The lowest BCUT2D eigenvalue weighted by molar-refractivity contribution is -0.157. The Kier molecular flexibility index (Phi) is 8.59. The molecule has 0 radical (unpaired) electrons. The number of carbonyl (C=O) groups excluding carboxylic acids is 1. The largest absolute Gasteiger partial charge is 0.459 e. The second-order valence-electron chi connectivity index (χ2n) is 9.87. The summed E-state index contributed by atoms with van der Waals surface area (Å²) in [5.41, 5.74) is 2.44. The molecule has 1 heterocycles. The van der Waals surface area contributed by atoms with E-state index in [4.69, 9.17) is 21.1 Å². The maximum atomic E-state index is 12.3. The lowest BCUT2D eigenvalue weighted by Crippen LogP contribution is -2.38. The molecule has 0 fully saturated rings. The van der Waals surface area contributed by atoms with Crippen molar-refractivity contribution >= 4 is 17.6 Å². The molecule has 8 heteroatoms. The quantitative estimate of drug-likeness (QED) is 0.397. The third-order valence-corrected chi connectivity index (χ3v) is 5.54. The van der Waals surface area contributed by atoms with Crippen LogP contribution in [0.4, 0.5) is 0 Å². The molecular weight excluding hydrogens is 464 g/mol. The number of nitrogens with zero attached hydrogens (tertiary/aromatic N) is 3. The lowest BCUT2D eigenvalue weighted by atomic mass is 10.1. The average Bonchev–Trinajstić information content (AvgIpc) is 3.12. The second kappa shape index (κ2) is 11.2. The van der Waals surface area contributed by atoms with Gasteiger partial charge in [-0.05, 0) is 78.2 Å². The van der Waals surface area contributed by atoms with Crippen LogP contribution in [0.2, 0.25) is 5.02 Å². The molecule has 188 valence electrons. The van der Waals surface area contributed by atoms with Gasteiger partial charge in [0.05, 0.1) is 18.4 Å². The molecule has 0 aliphatic carbocycles. The van der Waals surface area contributed by atoms with Crippen molar-refractivity contribution in [3.8, 4) is 22.8 Å². The van der Waals surface area contributed by atoms with E-state index < -0.39 is 11.6 Å². The van der Waals surface area contributed by atoms with E-state index in [1.54, 1.807) is 19.1 Å². The normalized spacial score (nSPS) is 12.6. The molecule has 0 saturated carbocycles. The van der Waals surface area contributed by atoms with Crippen molar-refractivity contribution < 1.29 is 14.3 Å². The minimum Gasteiger partial charge on any atom is -0.459 e. The first-order chi connectivity index (χ1) is 16.4. The Morgan fingerprint density at radius 3 is 2.49 bits per heavy atom. The summed E-state index contributed by atoms with van der Waals surface area (Å²) in [4.78, 5) is 18.9. The van der Waals surface area contributed by atoms with E-state index in [2.05, 4.69) is 19.8 Å². The molecule has 35 heavy (non-hydrogen) atoms. The Hall–Kier alpha value is -2.87. The van der Waals surface area contributed by atoms with Crippen molar-refractivity contribution in [1.82, 2.24) is 19.8 Å². The first kappa shape index (κ1) is 26.7. The van der Waals surface area contributed by atoms with E-state index in [-0.39, 0.29) is 5.97 Å². The van der Waals surface area contributed by atoms with E-state index in [1.807, 2.05) is 78.4 Å². The summed E-state index contributed by atoms with van der Waals surface area (Å²) in [6.45, 7) is 8.54. The van der Waals surface area contributed by atoms with E-state index in [0.717, 1.165) is 29.2 Å². The number of carbonyl (C=O) groups is 1. The molecular formula is C27H35ClN4O3. The van der Waals surface area contributed by atoms with Gasteiger partial charge in [-0.15, -0.1) is 0 Å². The maximum Gasteiger partial charge on any atom is 0.323 e. The summed E-state index contributed by atoms with van der Waals surface area (Å²) < 4.78 is 13.7. The van der Waals surface area contributed by atoms with E-state index in [0.29, 0.717) is 23.1 Å². The van der Waals surface area contributed by atoms with E-state index in [1.165, 1.54) is 0 Å². The van der Waals surface area contributed by atoms with Crippen LogP contribution < -0.4 is 10.1 Å². The predicted octanol–water partition coefficient (Wildman–Crippen LogP) is 5.41. The Balaban J connectivity index is 1.71. The van der Waals surface area contributed by atoms with Crippen molar-refractivity contribution in [2.45, 2.75) is 52.4 Å². The molecule has 7 nitrogen and oxygen atoms in total. The fourth-order valence-corrected chi connectivity index (χ4v) is 3.63. The third-order valence-electron chi connectivity index (χ3n) is 5.31. The average molecular weight is 499 g/mol. The van der Waals surface area contributed by atoms with Crippen LogP contribution in [0.5, 0.6) is 11.5 Å². The molecule has 0 bridgehead atoms. The van der Waals surface area contributed by atoms with Crippen LogP contribution in [0.1, 0.15) is 39.1 Å². The standard InChI is InChI=1S/C27H35ClN4O3/c1-18(26(33)35-27(2,3)4)29-15-20-8-11-21(28)14-24(20)34-22-12-9-19(10-13-22)23-16-30-25(32(23)7)17-31(5)6/h8-14,16,18,29H,15,17H2,1-7H3/t18-/m0/s1. The molecule has 0 aliphatic heterocycles. The molecule has 3 rings (SSSR count). The van der Waals surface area contributed by atoms with Crippen LogP contribution in [-0.2, 0) is 29.7 Å². The number of ether oxygens (including phenoxy) is 2. The lowest BCUT2D eigenvalue weighted by Gasteiger charge is -2.23. The van der Waals surface area contributed by atoms with Crippen LogP contribution in [-0.4, -0.2) is 46.2 Å². The Labute approximate surface area is 213 Å². The van der Waals surface area contributed by atoms with Gasteiger partial charge in [0, 0.05) is 29.7 Å². The highest BCUT2D eigenvalue weighted by Gasteiger charge is 2.21. The summed E-state index contributed by atoms with van der Waals surface area (Å²) in [6.07, 6.45) is 1.89. The number of nitrogens with one attached hydrogen (secondary N) is 1. The van der Waals surface area contributed by atoms with Gasteiger partial charge in [-0.1, -0.05) is 17.7 Å². The van der Waals surface area contributed by atoms with Crippen LogP contribution in [0, 0.1) is 0 Å². The first-order valence-corrected chi connectivity index (χ1v) is 12.0. The van der Waals surface area contributed by atoms with Crippen molar-refractivity contribution in [2.24, 2.45) is 7.05 Å². The van der Waals surface area contributed by atoms with Gasteiger partial charge in [-0.2, -0.15) is 0 Å². The van der Waals surface area contributed by atoms with E-state index >= 15 is 0 Å². The zero-order valence-electron chi connectivity index (χ0n) is 21.6. The Morgan fingerprint density at radius 1 is 1.17 bits per heavy atom. The summed E-state index contributed by atoms with van der Waals surface area (Å²) in [5, 5.41) is 3.78. The van der Waals surface area contributed by atoms with Gasteiger partial charge < -0.3 is 24.3 Å². The SMILES string of the molecule is C[C@H](NCc1ccc(Cl)cc1Oc1ccc(-c2cnc(CN(C)C)n2C)cc1)C(=O)OC(C)(C)C.